The van der Waals surface area contributed by atoms with Crippen molar-refractivity contribution in [1.29, 1.82) is 0 Å². The van der Waals surface area contributed by atoms with Gasteiger partial charge in [-0.2, -0.15) is 4.98 Å². The Balaban J connectivity index is 1.58. The molecule has 0 spiro atoms. The van der Waals surface area contributed by atoms with Crippen molar-refractivity contribution in [3.8, 4) is 16.9 Å². The van der Waals surface area contributed by atoms with Crippen LogP contribution in [-0.2, 0) is 0 Å². The first-order chi connectivity index (χ1) is 16.0. The van der Waals surface area contributed by atoms with Gasteiger partial charge in [0.15, 0.2) is 5.65 Å². The second-order valence-electron chi connectivity index (χ2n) is 7.97. The van der Waals surface area contributed by atoms with E-state index in [9.17, 15) is 4.39 Å². The quantitative estimate of drug-likeness (QED) is 0.398. The second kappa shape index (κ2) is 9.13. The van der Waals surface area contributed by atoms with Crippen LogP contribution in [0.4, 0.5) is 16.2 Å². The van der Waals surface area contributed by atoms with Crippen LogP contribution in [0.3, 0.4) is 0 Å². The molecular formula is C23H22Cl2FN7. The zero-order valence-electron chi connectivity index (χ0n) is 17.7. The molecule has 170 valence electrons. The number of rotatable bonds is 6. The molecule has 5 rings (SSSR count). The molecular weight excluding hydrogens is 464 g/mol. The normalized spacial score (nSPS) is 14.3. The molecule has 0 unspecified atom stereocenters. The lowest BCUT2D eigenvalue weighted by Crippen LogP contribution is -2.26. The Morgan fingerprint density at radius 2 is 1.79 bits per heavy atom. The van der Waals surface area contributed by atoms with Gasteiger partial charge in [-0.25, -0.2) is 14.1 Å². The number of fused-ring (bicyclic) bond motifs is 1. The van der Waals surface area contributed by atoms with Crippen molar-refractivity contribution in [2.24, 2.45) is 0 Å². The molecule has 0 aliphatic carbocycles. The molecule has 1 fully saturated rings. The molecule has 3 heterocycles. The number of hydrogen-bond donors (Lipinski definition) is 2. The van der Waals surface area contributed by atoms with E-state index in [0.717, 1.165) is 25.3 Å². The van der Waals surface area contributed by atoms with E-state index in [1.165, 1.54) is 25.0 Å². The lowest BCUT2D eigenvalue weighted by molar-refractivity contribution is 0.352. The minimum absolute atomic E-state index is 0.00599. The van der Waals surface area contributed by atoms with E-state index in [1.807, 2.05) is 12.1 Å². The van der Waals surface area contributed by atoms with Crippen molar-refractivity contribution < 1.29 is 4.39 Å². The molecule has 0 bridgehead atoms. The fourth-order valence-electron chi connectivity index (χ4n) is 4.05. The molecule has 1 aliphatic heterocycles. The molecule has 4 aromatic rings. The van der Waals surface area contributed by atoms with Gasteiger partial charge >= 0.3 is 0 Å². The molecule has 33 heavy (non-hydrogen) atoms. The fourth-order valence-corrected chi connectivity index (χ4v) is 4.36. The average molecular weight is 486 g/mol. The van der Waals surface area contributed by atoms with Crippen LogP contribution in [0.5, 0.6) is 0 Å². The molecule has 2 aromatic heterocycles. The van der Waals surface area contributed by atoms with Gasteiger partial charge in [-0.1, -0.05) is 23.2 Å². The zero-order chi connectivity index (χ0) is 22.9. The van der Waals surface area contributed by atoms with E-state index in [-0.39, 0.29) is 5.02 Å². The van der Waals surface area contributed by atoms with E-state index < -0.39 is 5.82 Å². The highest BCUT2D eigenvalue weighted by Crippen LogP contribution is 2.34. The zero-order valence-corrected chi connectivity index (χ0v) is 19.2. The first-order valence-electron chi connectivity index (χ1n) is 10.7. The van der Waals surface area contributed by atoms with Gasteiger partial charge < -0.3 is 16.0 Å². The molecule has 3 N–H and O–H groups in total. The number of nitrogens with one attached hydrogen (secondary N) is 1. The highest BCUT2D eigenvalue weighted by molar-refractivity contribution is 6.31. The van der Waals surface area contributed by atoms with Gasteiger partial charge in [-0.3, -0.25) is 0 Å². The first kappa shape index (κ1) is 21.9. The predicted molar refractivity (Wildman–Crippen MR) is 131 cm³/mol. The summed E-state index contributed by atoms with van der Waals surface area (Å²) in [6, 6.07) is 11.6. The molecule has 1 aliphatic rings. The summed E-state index contributed by atoms with van der Waals surface area (Å²) in [5.74, 6) is 0.295. The largest absolute Gasteiger partial charge is 0.383 e. The molecule has 0 saturated carbocycles. The number of benzene rings is 2. The third-order valence-electron chi connectivity index (χ3n) is 5.74. The van der Waals surface area contributed by atoms with Crippen LogP contribution >= 0.6 is 23.2 Å². The van der Waals surface area contributed by atoms with Gasteiger partial charge in [0.25, 0.3) is 0 Å². The summed E-state index contributed by atoms with van der Waals surface area (Å²) in [6.07, 6.45) is 2.47. The summed E-state index contributed by atoms with van der Waals surface area (Å²) in [5.41, 5.74) is 8.82. The SMILES string of the molecule is Nc1c2c(-c3ccc(F)c(Cl)c3)nc(NCCN3CCCC3)nc2nn1-c1ccc(Cl)cc1. The van der Waals surface area contributed by atoms with Crippen LogP contribution in [0.15, 0.2) is 42.5 Å². The van der Waals surface area contributed by atoms with Gasteiger partial charge in [-0.15, -0.1) is 5.10 Å². The summed E-state index contributed by atoms with van der Waals surface area (Å²) in [7, 11) is 0. The third-order valence-corrected chi connectivity index (χ3v) is 6.28. The van der Waals surface area contributed by atoms with Gasteiger partial charge in [0.1, 0.15) is 11.6 Å². The number of anilines is 2. The Kier molecular flexibility index (Phi) is 6.05. The molecule has 0 amide bonds. The number of nitrogens with two attached hydrogens (primary N) is 1. The predicted octanol–water partition coefficient (Wildman–Crippen LogP) is 5.02. The van der Waals surface area contributed by atoms with Crippen molar-refractivity contribution >= 4 is 46.0 Å². The second-order valence-corrected chi connectivity index (χ2v) is 8.82. The average Bonchev–Trinajstić information content (AvgIpc) is 3.44. The van der Waals surface area contributed by atoms with Gasteiger partial charge in [0.2, 0.25) is 5.95 Å². The van der Waals surface area contributed by atoms with Gasteiger partial charge in [-0.05, 0) is 68.4 Å². The lowest BCUT2D eigenvalue weighted by atomic mass is 10.1. The van der Waals surface area contributed by atoms with Gasteiger partial charge in [0, 0.05) is 23.7 Å². The lowest BCUT2D eigenvalue weighted by Gasteiger charge is -2.15. The monoisotopic (exact) mass is 485 g/mol. The number of hydrogen-bond acceptors (Lipinski definition) is 6. The van der Waals surface area contributed by atoms with Crippen LogP contribution in [0.1, 0.15) is 12.8 Å². The Morgan fingerprint density at radius 3 is 2.52 bits per heavy atom. The van der Waals surface area contributed by atoms with Crippen molar-refractivity contribution in [1.82, 2.24) is 24.6 Å². The van der Waals surface area contributed by atoms with Crippen molar-refractivity contribution in [2.75, 3.05) is 37.2 Å². The summed E-state index contributed by atoms with van der Waals surface area (Å²) < 4.78 is 15.4. The summed E-state index contributed by atoms with van der Waals surface area (Å²) in [6.45, 7) is 3.83. The Hall–Kier alpha value is -2.94. The number of halogens is 3. The standard InChI is InChI=1S/C23H22Cl2FN7/c24-15-4-6-16(7-5-15)33-21(27)19-20(14-3-8-18(26)17(25)13-14)29-23(30-22(19)31-33)28-9-12-32-10-1-2-11-32/h3-8,13H,1-2,9-12,27H2,(H,28,30,31). The van der Waals surface area contributed by atoms with Crippen molar-refractivity contribution in [2.45, 2.75) is 12.8 Å². The maximum absolute atomic E-state index is 13.8. The van der Waals surface area contributed by atoms with E-state index in [2.05, 4.69) is 20.3 Å². The van der Waals surface area contributed by atoms with E-state index in [1.54, 1.807) is 22.9 Å². The van der Waals surface area contributed by atoms with Crippen LogP contribution in [-0.4, -0.2) is 50.8 Å². The number of aromatic nitrogens is 4. The Morgan fingerprint density at radius 1 is 1.03 bits per heavy atom. The number of nitrogens with zero attached hydrogens (tertiary/aromatic N) is 5. The van der Waals surface area contributed by atoms with Crippen molar-refractivity contribution in [3.05, 3.63) is 58.3 Å². The Bertz CT molecular complexity index is 1300. The van der Waals surface area contributed by atoms with Gasteiger partial charge in [0.05, 0.1) is 21.8 Å². The first-order valence-corrected chi connectivity index (χ1v) is 11.5. The molecule has 7 nitrogen and oxygen atoms in total. The maximum atomic E-state index is 13.8. The van der Waals surface area contributed by atoms with Crippen molar-refractivity contribution in [3.63, 3.8) is 0 Å². The van der Waals surface area contributed by atoms with E-state index in [0.29, 0.717) is 45.6 Å². The summed E-state index contributed by atoms with van der Waals surface area (Å²) >= 11 is 12.1. The number of likely N-dealkylation sites (tertiary alicyclic amines) is 1. The Labute approximate surface area is 200 Å². The molecule has 2 aromatic carbocycles. The highest BCUT2D eigenvalue weighted by Gasteiger charge is 2.20. The highest BCUT2D eigenvalue weighted by atomic mass is 35.5. The van der Waals surface area contributed by atoms with E-state index in [4.69, 9.17) is 33.9 Å². The molecule has 0 radical (unpaired) electrons. The van der Waals surface area contributed by atoms with Crippen LogP contribution in [0.25, 0.3) is 28.0 Å². The topological polar surface area (TPSA) is 84.9 Å². The molecule has 10 heteroatoms. The molecule has 1 saturated heterocycles. The fraction of sp³-hybridized carbons (Fsp3) is 0.261. The maximum Gasteiger partial charge on any atom is 0.225 e. The minimum atomic E-state index is -0.500. The molecule has 0 atom stereocenters. The summed E-state index contributed by atoms with van der Waals surface area (Å²) in [4.78, 5) is 11.7. The smallest absolute Gasteiger partial charge is 0.225 e. The van der Waals surface area contributed by atoms with Crippen LogP contribution in [0, 0.1) is 5.82 Å². The summed E-state index contributed by atoms with van der Waals surface area (Å²) in [5, 5.41) is 9.11. The third kappa shape index (κ3) is 4.46. The van der Waals surface area contributed by atoms with E-state index >= 15 is 0 Å². The van der Waals surface area contributed by atoms with Crippen LogP contribution < -0.4 is 11.1 Å². The minimum Gasteiger partial charge on any atom is -0.383 e. The number of nitrogen functional groups attached to an aromatic ring is 1. The van der Waals surface area contributed by atoms with Crippen LogP contribution in [0.2, 0.25) is 10.0 Å².